The molecule has 1 saturated carbocycles. The van der Waals surface area contributed by atoms with E-state index < -0.39 is 0 Å². The molecule has 3 rings (SSSR count). The monoisotopic (exact) mass is 258 g/mol. The molecule has 1 aliphatic heterocycles. The maximum absolute atomic E-state index is 12.1. The Hall–Kier alpha value is -1.35. The van der Waals surface area contributed by atoms with Crippen molar-refractivity contribution in [2.75, 3.05) is 6.54 Å². The van der Waals surface area contributed by atoms with Crippen LogP contribution in [0.15, 0.2) is 24.3 Å². The zero-order valence-electron chi connectivity index (χ0n) is 11.3. The van der Waals surface area contributed by atoms with Gasteiger partial charge in [0.25, 0.3) is 0 Å². The predicted octanol–water partition coefficient (Wildman–Crippen LogP) is 2.01. The summed E-state index contributed by atoms with van der Waals surface area (Å²) in [7, 11) is 0. The Morgan fingerprint density at radius 2 is 2.05 bits per heavy atom. The van der Waals surface area contributed by atoms with E-state index >= 15 is 0 Å². The molecule has 1 fully saturated rings. The SMILES string of the molecule is O=C(NCCC1CCC1)C1Cc2ccccc2CN1. The molecule has 102 valence electrons. The zero-order chi connectivity index (χ0) is 13.1. The van der Waals surface area contributed by atoms with Crippen molar-refractivity contribution in [2.24, 2.45) is 5.92 Å². The topological polar surface area (TPSA) is 41.1 Å². The first-order valence-corrected chi connectivity index (χ1v) is 7.41. The molecule has 19 heavy (non-hydrogen) atoms. The molecular formula is C16H22N2O. The van der Waals surface area contributed by atoms with E-state index in [4.69, 9.17) is 0 Å². The van der Waals surface area contributed by atoms with E-state index in [0.717, 1.165) is 31.8 Å². The largest absolute Gasteiger partial charge is 0.355 e. The molecule has 3 heteroatoms. The van der Waals surface area contributed by atoms with E-state index in [2.05, 4.69) is 34.9 Å². The molecule has 1 atom stereocenters. The second kappa shape index (κ2) is 5.74. The zero-order valence-corrected chi connectivity index (χ0v) is 11.3. The van der Waals surface area contributed by atoms with Crippen LogP contribution in [-0.4, -0.2) is 18.5 Å². The van der Waals surface area contributed by atoms with E-state index in [1.165, 1.54) is 30.4 Å². The third-order valence-corrected chi connectivity index (χ3v) is 4.47. The number of fused-ring (bicyclic) bond motifs is 1. The fourth-order valence-electron chi connectivity index (χ4n) is 2.94. The predicted molar refractivity (Wildman–Crippen MR) is 75.7 cm³/mol. The van der Waals surface area contributed by atoms with Gasteiger partial charge in [0.05, 0.1) is 6.04 Å². The number of hydrogen-bond donors (Lipinski definition) is 2. The van der Waals surface area contributed by atoms with Crippen LogP contribution in [0, 0.1) is 5.92 Å². The number of carbonyl (C=O) groups is 1. The Labute approximate surface area is 114 Å². The van der Waals surface area contributed by atoms with E-state index in [1.807, 2.05) is 0 Å². The van der Waals surface area contributed by atoms with Gasteiger partial charge < -0.3 is 10.6 Å². The average Bonchev–Trinajstić information content (AvgIpc) is 2.40. The highest BCUT2D eigenvalue weighted by Crippen LogP contribution is 2.28. The standard InChI is InChI=1S/C16H22N2O/c19-16(17-9-8-12-4-3-5-12)15-10-13-6-1-2-7-14(13)11-18-15/h1-2,6-7,12,15,18H,3-5,8-11H2,(H,17,19). The Kier molecular flexibility index (Phi) is 3.83. The van der Waals surface area contributed by atoms with Crippen molar-refractivity contribution in [1.29, 1.82) is 0 Å². The molecule has 2 aliphatic rings. The van der Waals surface area contributed by atoms with Crippen LogP contribution in [0.5, 0.6) is 0 Å². The molecule has 2 N–H and O–H groups in total. The third kappa shape index (κ3) is 2.98. The maximum Gasteiger partial charge on any atom is 0.237 e. The van der Waals surface area contributed by atoms with Crippen molar-refractivity contribution in [3.05, 3.63) is 35.4 Å². The van der Waals surface area contributed by atoms with Crippen LogP contribution in [0.4, 0.5) is 0 Å². The van der Waals surface area contributed by atoms with Gasteiger partial charge in [-0.15, -0.1) is 0 Å². The van der Waals surface area contributed by atoms with Gasteiger partial charge in [-0.2, -0.15) is 0 Å². The highest BCUT2D eigenvalue weighted by molar-refractivity contribution is 5.82. The molecule has 1 unspecified atom stereocenters. The van der Waals surface area contributed by atoms with Gasteiger partial charge in [-0.05, 0) is 29.9 Å². The Morgan fingerprint density at radius 1 is 1.26 bits per heavy atom. The number of benzene rings is 1. The molecule has 1 aromatic carbocycles. The van der Waals surface area contributed by atoms with Gasteiger partial charge in [-0.3, -0.25) is 4.79 Å². The maximum atomic E-state index is 12.1. The fraction of sp³-hybridized carbons (Fsp3) is 0.562. The Bertz CT molecular complexity index is 454. The van der Waals surface area contributed by atoms with Gasteiger partial charge in [0.15, 0.2) is 0 Å². The second-order valence-electron chi connectivity index (χ2n) is 5.78. The lowest BCUT2D eigenvalue weighted by atomic mass is 9.83. The lowest BCUT2D eigenvalue weighted by Crippen LogP contribution is -2.48. The quantitative estimate of drug-likeness (QED) is 0.867. The van der Waals surface area contributed by atoms with Gasteiger partial charge in [0.1, 0.15) is 0 Å². The minimum Gasteiger partial charge on any atom is -0.355 e. The number of hydrogen-bond acceptors (Lipinski definition) is 2. The van der Waals surface area contributed by atoms with E-state index in [9.17, 15) is 4.79 Å². The first-order valence-electron chi connectivity index (χ1n) is 7.41. The second-order valence-corrected chi connectivity index (χ2v) is 5.78. The van der Waals surface area contributed by atoms with Crippen LogP contribution in [-0.2, 0) is 17.8 Å². The van der Waals surface area contributed by atoms with Crippen LogP contribution >= 0.6 is 0 Å². The van der Waals surface area contributed by atoms with E-state index in [0.29, 0.717) is 0 Å². The van der Waals surface area contributed by atoms with Crippen LogP contribution < -0.4 is 10.6 Å². The molecule has 1 aliphatic carbocycles. The summed E-state index contributed by atoms with van der Waals surface area (Å²) in [6.07, 6.45) is 6.04. The lowest BCUT2D eigenvalue weighted by molar-refractivity contribution is -0.123. The first-order chi connectivity index (χ1) is 9.33. The van der Waals surface area contributed by atoms with Crippen molar-refractivity contribution in [3.63, 3.8) is 0 Å². The molecule has 1 aromatic rings. The van der Waals surface area contributed by atoms with Crippen LogP contribution in [0.3, 0.4) is 0 Å². The minimum absolute atomic E-state index is 0.0590. The molecule has 0 spiro atoms. The van der Waals surface area contributed by atoms with Crippen LogP contribution in [0.1, 0.15) is 36.8 Å². The summed E-state index contributed by atoms with van der Waals surface area (Å²) in [6.45, 7) is 1.64. The fourth-order valence-corrected chi connectivity index (χ4v) is 2.94. The molecular weight excluding hydrogens is 236 g/mol. The highest BCUT2D eigenvalue weighted by Gasteiger charge is 2.24. The van der Waals surface area contributed by atoms with Crippen molar-refractivity contribution in [1.82, 2.24) is 10.6 Å². The van der Waals surface area contributed by atoms with Gasteiger partial charge in [-0.1, -0.05) is 43.5 Å². The third-order valence-electron chi connectivity index (χ3n) is 4.47. The summed E-state index contributed by atoms with van der Waals surface area (Å²) in [6, 6.07) is 8.31. The van der Waals surface area contributed by atoms with Crippen LogP contribution in [0.25, 0.3) is 0 Å². The first kappa shape index (κ1) is 12.7. The van der Waals surface area contributed by atoms with Gasteiger partial charge in [0.2, 0.25) is 5.91 Å². The van der Waals surface area contributed by atoms with Crippen molar-refractivity contribution in [3.8, 4) is 0 Å². The summed E-state index contributed by atoms with van der Waals surface area (Å²) in [4.78, 5) is 12.1. The van der Waals surface area contributed by atoms with E-state index in [-0.39, 0.29) is 11.9 Å². The molecule has 0 radical (unpaired) electrons. The summed E-state index contributed by atoms with van der Waals surface area (Å²) >= 11 is 0. The lowest BCUT2D eigenvalue weighted by Gasteiger charge is -2.27. The Balaban J connectivity index is 1.48. The molecule has 1 heterocycles. The summed E-state index contributed by atoms with van der Waals surface area (Å²) in [5.74, 6) is 1.02. The normalized spacial score (nSPS) is 22.4. The molecule has 0 saturated heterocycles. The van der Waals surface area contributed by atoms with Gasteiger partial charge in [0, 0.05) is 13.1 Å². The van der Waals surface area contributed by atoms with E-state index in [1.54, 1.807) is 0 Å². The average molecular weight is 258 g/mol. The number of carbonyl (C=O) groups excluding carboxylic acids is 1. The van der Waals surface area contributed by atoms with Gasteiger partial charge in [-0.25, -0.2) is 0 Å². The van der Waals surface area contributed by atoms with Crippen molar-refractivity contribution < 1.29 is 4.79 Å². The molecule has 0 aromatic heterocycles. The molecule has 3 nitrogen and oxygen atoms in total. The molecule has 0 bridgehead atoms. The van der Waals surface area contributed by atoms with Crippen molar-refractivity contribution >= 4 is 5.91 Å². The summed E-state index contributed by atoms with van der Waals surface area (Å²) in [5.41, 5.74) is 2.63. The Morgan fingerprint density at radius 3 is 2.79 bits per heavy atom. The number of amides is 1. The summed E-state index contributed by atoms with van der Waals surface area (Å²) in [5, 5.41) is 6.41. The highest BCUT2D eigenvalue weighted by atomic mass is 16.2. The smallest absolute Gasteiger partial charge is 0.237 e. The number of nitrogens with one attached hydrogen (secondary N) is 2. The molecule has 1 amide bonds. The van der Waals surface area contributed by atoms with Crippen LogP contribution in [0.2, 0.25) is 0 Å². The van der Waals surface area contributed by atoms with Gasteiger partial charge >= 0.3 is 0 Å². The number of rotatable bonds is 4. The minimum atomic E-state index is -0.0590. The summed E-state index contributed by atoms with van der Waals surface area (Å²) < 4.78 is 0. The van der Waals surface area contributed by atoms with Crippen molar-refractivity contribution in [2.45, 2.75) is 44.7 Å².